The first kappa shape index (κ1) is 19.0. The van der Waals surface area contributed by atoms with Crippen LogP contribution in [0.25, 0.3) is 11.3 Å². The average Bonchev–Trinajstić information content (AvgIpc) is 2.64. The highest BCUT2D eigenvalue weighted by Crippen LogP contribution is 2.19. The summed E-state index contributed by atoms with van der Waals surface area (Å²) >= 11 is 3.39. The Labute approximate surface area is 166 Å². The van der Waals surface area contributed by atoms with Crippen LogP contribution in [-0.2, 0) is 11.3 Å². The first-order valence-corrected chi connectivity index (χ1v) is 9.45. The van der Waals surface area contributed by atoms with E-state index < -0.39 is 0 Å². The number of carbonyl (C=O) groups is 1. The van der Waals surface area contributed by atoms with E-state index in [4.69, 9.17) is 0 Å². The van der Waals surface area contributed by atoms with Crippen LogP contribution in [0.15, 0.2) is 69.9 Å². The van der Waals surface area contributed by atoms with Crippen molar-refractivity contribution in [3.05, 3.63) is 81.1 Å². The molecule has 1 heterocycles. The van der Waals surface area contributed by atoms with Crippen molar-refractivity contribution in [2.45, 2.75) is 26.3 Å². The number of hydrogen-bond acceptors (Lipinski definition) is 3. The van der Waals surface area contributed by atoms with Crippen molar-refractivity contribution in [2.24, 2.45) is 0 Å². The van der Waals surface area contributed by atoms with Crippen molar-refractivity contribution in [1.82, 2.24) is 9.78 Å². The van der Waals surface area contributed by atoms with Gasteiger partial charge in [0.2, 0.25) is 5.91 Å². The minimum absolute atomic E-state index is 0.144. The summed E-state index contributed by atoms with van der Waals surface area (Å²) in [7, 11) is 0. The number of aromatic nitrogens is 2. The summed E-state index contributed by atoms with van der Waals surface area (Å²) < 4.78 is 2.14. The van der Waals surface area contributed by atoms with E-state index in [1.165, 1.54) is 16.3 Å². The largest absolute Gasteiger partial charge is 0.324 e. The molecule has 1 N–H and O–H groups in total. The van der Waals surface area contributed by atoms with Crippen LogP contribution in [0, 0.1) is 0 Å². The Morgan fingerprint density at radius 1 is 1.04 bits per heavy atom. The first-order valence-electron chi connectivity index (χ1n) is 8.66. The molecule has 5 nitrogen and oxygen atoms in total. The third-order valence-electron chi connectivity index (χ3n) is 4.16. The molecule has 0 bridgehead atoms. The van der Waals surface area contributed by atoms with Crippen LogP contribution in [-0.4, -0.2) is 15.7 Å². The van der Waals surface area contributed by atoms with Crippen LogP contribution in [0.1, 0.15) is 25.3 Å². The van der Waals surface area contributed by atoms with Crippen molar-refractivity contribution >= 4 is 27.5 Å². The zero-order chi connectivity index (χ0) is 19.4. The molecule has 1 amide bonds. The van der Waals surface area contributed by atoms with Crippen molar-refractivity contribution in [3.63, 3.8) is 0 Å². The quantitative estimate of drug-likeness (QED) is 0.657. The molecule has 0 saturated heterocycles. The number of anilines is 1. The van der Waals surface area contributed by atoms with Crippen LogP contribution in [0.2, 0.25) is 0 Å². The molecule has 138 valence electrons. The predicted molar refractivity (Wildman–Crippen MR) is 111 cm³/mol. The summed E-state index contributed by atoms with van der Waals surface area (Å²) in [6, 6.07) is 18.4. The summed E-state index contributed by atoms with van der Waals surface area (Å²) in [4.78, 5) is 24.4. The summed E-state index contributed by atoms with van der Waals surface area (Å²) in [6.45, 7) is 4.09. The number of halogens is 1. The summed E-state index contributed by atoms with van der Waals surface area (Å²) in [5.41, 5.74) is 3.09. The normalized spacial score (nSPS) is 10.8. The maximum absolute atomic E-state index is 12.3. The minimum atomic E-state index is -0.318. The number of amides is 1. The number of nitrogens with one attached hydrogen (secondary N) is 1. The average molecular weight is 426 g/mol. The molecule has 0 spiro atoms. The van der Waals surface area contributed by atoms with Gasteiger partial charge < -0.3 is 5.32 Å². The third kappa shape index (κ3) is 4.92. The van der Waals surface area contributed by atoms with E-state index in [0.717, 1.165) is 10.0 Å². The van der Waals surface area contributed by atoms with Gasteiger partial charge in [-0.1, -0.05) is 54.0 Å². The molecule has 0 atom stereocenters. The lowest BCUT2D eigenvalue weighted by Gasteiger charge is -2.10. The highest BCUT2D eigenvalue weighted by atomic mass is 79.9. The molecule has 0 aliphatic rings. The lowest BCUT2D eigenvalue weighted by Crippen LogP contribution is -2.29. The highest BCUT2D eigenvalue weighted by Gasteiger charge is 2.09. The van der Waals surface area contributed by atoms with E-state index in [-0.39, 0.29) is 18.0 Å². The van der Waals surface area contributed by atoms with Crippen LogP contribution in [0.3, 0.4) is 0 Å². The van der Waals surface area contributed by atoms with E-state index in [1.807, 2.05) is 48.5 Å². The molecule has 0 radical (unpaired) electrons. The Hall–Kier alpha value is -2.73. The Morgan fingerprint density at radius 2 is 1.70 bits per heavy atom. The maximum atomic E-state index is 12.3. The smallest absolute Gasteiger partial charge is 0.267 e. The minimum Gasteiger partial charge on any atom is -0.324 e. The van der Waals surface area contributed by atoms with Crippen molar-refractivity contribution in [3.8, 4) is 11.3 Å². The van der Waals surface area contributed by atoms with Gasteiger partial charge in [-0.2, -0.15) is 5.10 Å². The van der Waals surface area contributed by atoms with Gasteiger partial charge in [-0.05, 0) is 41.8 Å². The monoisotopic (exact) mass is 425 g/mol. The number of hydrogen-bond donors (Lipinski definition) is 1. The first-order chi connectivity index (χ1) is 12.9. The Kier molecular flexibility index (Phi) is 5.86. The van der Waals surface area contributed by atoms with E-state index in [9.17, 15) is 9.59 Å². The van der Waals surface area contributed by atoms with Gasteiger partial charge in [-0.15, -0.1) is 0 Å². The van der Waals surface area contributed by atoms with Gasteiger partial charge in [0.05, 0.1) is 5.69 Å². The maximum Gasteiger partial charge on any atom is 0.267 e. The highest BCUT2D eigenvalue weighted by molar-refractivity contribution is 9.10. The molecule has 0 saturated carbocycles. The third-order valence-corrected chi connectivity index (χ3v) is 4.69. The van der Waals surface area contributed by atoms with Gasteiger partial charge in [0.1, 0.15) is 6.54 Å². The Bertz CT molecular complexity index is 993. The Morgan fingerprint density at radius 3 is 2.33 bits per heavy atom. The molecule has 0 aliphatic heterocycles. The number of nitrogens with zero attached hydrogens (tertiary/aromatic N) is 2. The van der Waals surface area contributed by atoms with Gasteiger partial charge in [0, 0.05) is 21.8 Å². The van der Waals surface area contributed by atoms with Crippen molar-refractivity contribution in [2.75, 3.05) is 5.32 Å². The Balaban J connectivity index is 1.74. The summed E-state index contributed by atoms with van der Waals surface area (Å²) in [6.07, 6.45) is 0. The molecule has 6 heteroatoms. The van der Waals surface area contributed by atoms with Crippen LogP contribution in [0.5, 0.6) is 0 Å². The fraction of sp³-hybridized carbons (Fsp3) is 0.190. The summed E-state index contributed by atoms with van der Waals surface area (Å²) in [5.74, 6) is 0.133. The van der Waals surface area contributed by atoms with Gasteiger partial charge in [0.25, 0.3) is 5.56 Å². The van der Waals surface area contributed by atoms with Crippen LogP contribution < -0.4 is 10.9 Å². The van der Waals surface area contributed by atoms with Gasteiger partial charge >= 0.3 is 0 Å². The molecular formula is C21H20BrN3O2. The van der Waals surface area contributed by atoms with Crippen molar-refractivity contribution in [1.29, 1.82) is 0 Å². The molecule has 2 aromatic carbocycles. The standard InChI is InChI=1S/C21H20BrN3O2/c1-14(2)15-5-9-18(10-6-15)23-20(26)13-25-21(27)12-11-19(24-25)16-3-7-17(22)8-4-16/h3-12,14H,13H2,1-2H3,(H,23,26). The molecule has 0 fully saturated rings. The molecule has 3 rings (SSSR count). The molecule has 0 aliphatic carbocycles. The fourth-order valence-electron chi connectivity index (χ4n) is 2.62. The van der Waals surface area contributed by atoms with E-state index in [2.05, 4.69) is 40.2 Å². The fourth-order valence-corrected chi connectivity index (χ4v) is 2.89. The molecular weight excluding hydrogens is 406 g/mol. The van der Waals surface area contributed by atoms with E-state index in [0.29, 0.717) is 17.3 Å². The van der Waals surface area contributed by atoms with Crippen molar-refractivity contribution < 1.29 is 4.79 Å². The zero-order valence-corrected chi connectivity index (χ0v) is 16.7. The van der Waals surface area contributed by atoms with Crippen LogP contribution >= 0.6 is 15.9 Å². The summed E-state index contributed by atoms with van der Waals surface area (Å²) in [5, 5.41) is 7.12. The number of benzene rings is 2. The molecule has 27 heavy (non-hydrogen) atoms. The van der Waals surface area contributed by atoms with Gasteiger partial charge in [0.15, 0.2) is 0 Å². The second kappa shape index (κ2) is 8.31. The second-order valence-electron chi connectivity index (χ2n) is 6.55. The van der Waals surface area contributed by atoms with Gasteiger partial charge in [-0.25, -0.2) is 4.68 Å². The molecule has 0 unspecified atom stereocenters. The SMILES string of the molecule is CC(C)c1ccc(NC(=O)Cn2nc(-c3ccc(Br)cc3)ccc2=O)cc1. The number of carbonyl (C=O) groups excluding carboxylic acids is 1. The topological polar surface area (TPSA) is 64.0 Å². The predicted octanol–water partition coefficient (Wildman–Crippen LogP) is 4.43. The molecule has 3 aromatic rings. The lowest BCUT2D eigenvalue weighted by atomic mass is 10.0. The van der Waals surface area contributed by atoms with E-state index in [1.54, 1.807) is 6.07 Å². The second-order valence-corrected chi connectivity index (χ2v) is 7.46. The molecule has 1 aromatic heterocycles. The van der Waals surface area contributed by atoms with E-state index >= 15 is 0 Å². The number of rotatable bonds is 5. The zero-order valence-electron chi connectivity index (χ0n) is 15.1. The van der Waals surface area contributed by atoms with Gasteiger partial charge in [-0.3, -0.25) is 9.59 Å². The van der Waals surface area contributed by atoms with Crippen LogP contribution in [0.4, 0.5) is 5.69 Å². The lowest BCUT2D eigenvalue weighted by molar-refractivity contribution is -0.117.